The van der Waals surface area contributed by atoms with Gasteiger partial charge in [0, 0.05) is 12.0 Å². The number of nitrogens with one attached hydrogen (secondary N) is 1. The van der Waals surface area contributed by atoms with Crippen molar-refractivity contribution in [3.8, 4) is 0 Å². The van der Waals surface area contributed by atoms with Gasteiger partial charge in [0.2, 0.25) is 5.91 Å². The van der Waals surface area contributed by atoms with Gasteiger partial charge in [0.1, 0.15) is 0 Å². The number of nitrogens with zero attached hydrogens (tertiary/aromatic N) is 1. The van der Waals surface area contributed by atoms with Crippen molar-refractivity contribution >= 4 is 38.3 Å². The van der Waals surface area contributed by atoms with Crippen molar-refractivity contribution < 1.29 is 4.79 Å². The molecule has 0 saturated heterocycles. The molecule has 0 saturated carbocycles. The van der Waals surface area contributed by atoms with E-state index in [1.165, 1.54) is 11.3 Å². The van der Waals surface area contributed by atoms with Crippen LogP contribution in [-0.4, -0.2) is 16.9 Å². The number of nitrogens with two attached hydrogens (primary N) is 1. The molecule has 0 spiro atoms. The third-order valence-corrected chi connectivity index (χ3v) is 3.84. The standard InChI is InChI=1S/C11H18BrN3OS/c1-7(4-3-5-8(2)13)10(16)15-11-14-6-9(12)17-11/h6-8H,3-5,13H2,1-2H3,(H,14,15,16). The fraction of sp³-hybridized carbons (Fsp3) is 0.636. The molecule has 1 amide bonds. The Hall–Kier alpha value is -0.460. The van der Waals surface area contributed by atoms with E-state index in [-0.39, 0.29) is 17.9 Å². The minimum Gasteiger partial charge on any atom is -0.328 e. The molecule has 0 radical (unpaired) electrons. The van der Waals surface area contributed by atoms with Gasteiger partial charge in [-0.3, -0.25) is 4.79 Å². The molecule has 6 heteroatoms. The van der Waals surface area contributed by atoms with Gasteiger partial charge in [0.05, 0.1) is 9.98 Å². The van der Waals surface area contributed by atoms with Crippen LogP contribution >= 0.6 is 27.3 Å². The van der Waals surface area contributed by atoms with Crippen LogP contribution in [0.2, 0.25) is 0 Å². The zero-order valence-electron chi connectivity index (χ0n) is 10.1. The van der Waals surface area contributed by atoms with Crippen molar-refractivity contribution in [3.05, 3.63) is 9.98 Å². The highest BCUT2D eigenvalue weighted by molar-refractivity contribution is 9.11. The number of hydrogen-bond acceptors (Lipinski definition) is 4. The first-order valence-electron chi connectivity index (χ1n) is 5.67. The Morgan fingerprint density at radius 2 is 2.29 bits per heavy atom. The second kappa shape index (κ2) is 7.08. The molecule has 1 aromatic rings. The quantitative estimate of drug-likeness (QED) is 0.846. The number of thiazole rings is 1. The van der Waals surface area contributed by atoms with Gasteiger partial charge in [0.15, 0.2) is 5.13 Å². The number of amides is 1. The van der Waals surface area contributed by atoms with Crippen molar-refractivity contribution in [2.24, 2.45) is 11.7 Å². The summed E-state index contributed by atoms with van der Waals surface area (Å²) in [4.78, 5) is 15.9. The average Bonchev–Trinajstić information content (AvgIpc) is 2.63. The topological polar surface area (TPSA) is 68.0 Å². The SMILES string of the molecule is CC(N)CCCC(C)C(=O)Nc1ncc(Br)s1. The fourth-order valence-corrected chi connectivity index (χ4v) is 2.53. The monoisotopic (exact) mass is 319 g/mol. The Balaban J connectivity index is 2.32. The van der Waals surface area contributed by atoms with E-state index in [0.717, 1.165) is 23.0 Å². The van der Waals surface area contributed by atoms with Crippen LogP contribution in [0.5, 0.6) is 0 Å². The maximum absolute atomic E-state index is 11.8. The van der Waals surface area contributed by atoms with Crippen molar-refractivity contribution in [1.82, 2.24) is 4.98 Å². The molecule has 3 N–H and O–H groups in total. The van der Waals surface area contributed by atoms with Crippen molar-refractivity contribution in [3.63, 3.8) is 0 Å². The molecule has 2 atom stereocenters. The van der Waals surface area contributed by atoms with E-state index in [2.05, 4.69) is 26.2 Å². The molecule has 0 aromatic carbocycles. The van der Waals surface area contributed by atoms with Crippen molar-refractivity contribution in [2.75, 3.05) is 5.32 Å². The smallest absolute Gasteiger partial charge is 0.228 e. The Bertz CT molecular complexity index is 367. The van der Waals surface area contributed by atoms with E-state index < -0.39 is 0 Å². The molecule has 1 heterocycles. The van der Waals surface area contributed by atoms with Crippen LogP contribution in [0.3, 0.4) is 0 Å². The largest absolute Gasteiger partial charge is 0.328 e. The normalized spacial score (nSPS) is 14.4. The summed E-state index contributed by atoms with van der Waals surface area (Å²) >= 11 is 4.72. The van der Waals surface area contributed by atoms with E-state index in [1.807, 2.05) is 13.8 Å². The highest BCUT2D eigenvalue weighted by Crippen LogP contribution is 2.23. The van der Waals surface area contributed by atoms with Gasteiger partial charge in [-0.25, -0.2) is 4.98 Å². The third-order valence-electron chi connectivity index (χ3n) is 2.45. The number of aromatic nitrogens is 1. The first-order chi connectivity index (χ1) is 7.99. The Morgan fingerprint density at radius 1 is 1.59 bits per heavy atom. The van der Waals surface area contributed by atoms with Gasteiger partial charge in [0.25, 0.3) is 0 Å². The lowest BCUT2D eigenvalue weighted by atomic mass is 10.0. The van der Waals surface area contributed by atoms with Gasteiger partial charge in [-0.15, -0.1) is 0 Å². The van der Waals surface area contributed by atoms with Crippen LogP contribution in [0.25, 0.3) is 0 Å². The maximum atomic E-state index is 11.8. The molecule has 0 fully saturated rings. The number of hydrogen-bond donors (Lipinski definition) is 2. The molecule has 0 aliphatic rings. The van der Waals surface area contributed by atoms with E-state index in [1.54, 1.807) is 6.20 Å². The summed E-state index contributed by atoms with van der Waals surface area (Å²) in [6.45, 7) is 3.91. The molecular formula is C11H18BrN3OS. The van der Waals surface area contributed by atoms with Gasteiger partial charge < -0.3 is 11.1 Å². The minimum absolute atomic E-state index is 0.00331. The van der Waals surface area contributed by atoms with Gasteiger partial charge in [-0.05, 0) is 35.7 Å². The summed E-state index contributed by atoms with van der Waals surface area (Å²) in [5.74, 6) is 0.0212. The van der Waals surface area contributed by atoms with Crippen LogP contribution in [0.15, 0.2) is 9.98 Å². The highest BCUT2D eigenvalue weighted by atomic mass is 79.9. The number of carbonyl (C=O) groups is 1. The predicted molar refractivity (Wildman–Crippen MR) is 75.1 cm³/mol. The van der Waals surface area contributed by atoms with E-state index in [9.17, 15) is 4.79 Å². The Labute approximate surface area is 114 Å². The second-order valence-corrected chi connectivity index (χ2v) is 6.68. The summed E-state index contributed by atoms with van der Waals surface area (Å²) in [6, 6.07) is 0.208. The number of anilines is 1. The predicted octanol–water partition coefficient (Wildman–Crippen LogP) is 3.00. The average molecular weight is 320 g/mol. The lowest BCUT2D eigenvalue weighted by molar-refractivity contribution is -0.119. The van der Waals surface area contributed by atoms with Crippen LogP contribution < -0.4 is 11.1 Å². The first kappa shape index (κ1) is 14.6. The summed E-state index contributed by atoms with van der Waals surface area (Å²) in [7, 11) is 0. The molecule has 0 bridgehead atoms. The van der Waals surface area contributed by atoms with Gasteiger partial charge >= 0.3 is 0 Å². The Morgan fingerprint density at radius 3 is 2.82 bits per heavy atom. The van der Waals surface area contributed by atoms with Crippen molar-refractivity contribution in [2.45, 2.75) is 39.2 Å². The molecule has 2 unspecified atom stereocenters. The molecule has 1 aromatic heterocycles. The van der Waals surface area contributed by atoms with E-state index in [4.69, 9.17) is 5.73 Å². The molecule has 1 rings (SSSR count). The van der Waals surface area contributed by atoms with E-state index >= 15 is 0 Å². The number of rotatable bonds is 6. The van der Waals surface area contributed by atoms with Crippen LogP contribution in [0.1, 0.15) is 33.1 Å². The van der Waals surface area contributed by atoms with Gasteiger partial charge in [-0.2, -0.15) is 0 Å². The highest BCUT2D eigenvalue weighted by Gasteiger charge is 2.14. The van der Waals surface area contributed by atoms with Crippen LogP contribution in [0.4, 0.5) is 5.13 Å². The lowest BCUT2D eigenvalue weighted by Gasteiger charge is -2.11. The van der Waals surface area contributed by atoms with Crippen LogP contribution in [-0.2, 0) is 4.79 Å². The molecule has 17 heavy (non-hydrogen) atoms. The summed E-state index contributed by atoms with van der Waals surface area (Å²) in [5.41, 5.74) is 5.67. The van der Waals surface area contributed by atoms with Crippen LogP contribution in [0, 0.1) is 5.92 Å². The third kappa shape index (κ3) is 5.61. The zero-order valence-corrected chi connectivity index (χ0v) is 12.5. The van der Waals surface area contributed by atoms with Crippen molar-refractivity contribution in [1.29, 1.82) is 0 Å². The van der Waals surface area contributed by atoms with Gasteiger partial charge in [-0.1, -0.05) is 24.7 Å². The molecular weight excluding hydrogens is 302 g/mol. The summed E-state index contributed by atoms with van der Waals surface area (Å²) in [6.07, 6.45) is 4.48. The molecule has 4 nitrogen and oxygen atoms in total. The second-order valence-electron chi connectivity index (χ2n) is 4.27. The minimum atomic E-state index is -0.00331. The summed E-state index contributed by atoms with van der Waals surface area (Å²) in [5, 5.41) is 3.45. The fourth-order valence-electron chi connectivity index (χ4n) is 1.42. The molecule has 96 valence electrons. The number of halogens is 1. The number of carbonyl (C=O) groups excluding carboxylic acids is 1. The lowest BCUT2D eigenvalue weighted by Crippen LogP contribution is -2.21. The Kier molecular flexibility index (Phi) is 6.08. The van der Waals surface area contributed by atoms with E-state index in [0.29, 0.717) is 5.13 Å². The first-order valence-corrected chi connectivity index (χ1v) is 7.27. The summed E-state index contributed by atoms with van der Waals surface area (Å²) < 4.78 is 0.914. The maximum Gasteiger partial charge on any atom is 0.228 e. The zero-order chi connectivity index (χ0) is 12.8. The molecule has 0 aliphatic carbocycles. The molecule has 0 aliphatic heterocycles.